The number of amides is 1. The van der Waals surface area contributed by atoms with Gasteiger partial charge in [0.1, 0.15) is 5.75 Å². The van der Waals surface area contributed by atoms with E-state index in [9.17, 15) is 4.79 Å². The van der Waals surface area contributed by atoms with Crippen molar-refractivity contribution in [2.75, 3.05) is 27.2 Å². The smallest absolute Gasteiger partial charge is 0.410 e. The molecular formula is C24H31ClN2O2. The van der Waals surface area contributed by atoms with Crippen molar-refractivity contribution in [2.45, 2.75) is 44.1 Å². The van der Waals surface area contributed by atoms with Crippen LogP contribution in [0.3, 0.4) is 0 Å². The Labute approximate surface area is 180 Å². The number of benzene rings is 2. The third kappa shape index (κ3) is 4.76. The summed E-state index contributed by atoms with van der Waals surface area (Å²) in [7, 11) is 3.44. The summed E-state index contributed by atoms with van der Waals surface area (Å²) in [6.45, 7) is 2.34. The van der Waals surface area contributed by atoms with E-state index in [0.29, 0.717) is 12.0 Å². The van der Waals surface area contributed by atoms with Gasteiger partial charge < -0.3 is 9.64 Å². The molecule has 0 N–H and O–H groups in total. The second-order valence-electron chi connectivity index (χ2n) is 8.21. The Morgan fingerprint density at radius 2 is 1.90 bits per heavy atom. The number of carbonyl (C=O) groups is 1. The number of likely N-dealkylation sites (tertiary alicyclic amines) is 1. The molecule has 2 aromatic rings. The molecule has 4 rings (SSSR count). The van der Waals surface area contributed by atoms with Crippen molar-refractivity contribution in [2.24, 2.45) is 0 Å². The van der Waals surface area contributed by atoms with Gasteiger partial charge in [-0.15, -0.1) is 12.4 Å². The van der Waals surface area contributed by atoms with Crippen molar-refractivity contribution in [1.82, 2.24) is 9.80 Å². The largest absolute Gasteiger partial charge is 0.414 e. The lowest BCUT2D eigenvalue weighted by atomic mass is 9.79. The SMILES string of the molecule is CN(C)C(=O)Oc1cccc2c1CC[C@@H]1[C@H]2CCN1CCCc1ccccc1.Cl. The number of hydrogen-bond donors (Lipinski definition) is 0. The highest BCUT2D eigenvalue weighted by atomic mass is 35.5. The molecule has 156 valence electrons. The predicted molar refractivity (Wildman–Crippen MR) is 119 cm³/mol. The summed E-state index contributed by atoms with van der Waals surface area (Å²) < 4.78 is 5.64. The van der Waals surface area contributed by atoms with Crippen LogP contribution in [0.4, 0.5) is 4.79 Å². The van der Waals surface area contributed by atoms with Crippen molar-refractivity contribution in [3.63, 3.8) is 0 Å². The second-order valence-corrected chi connectivity index (χ2v) is 8.21. The van der Waals surface area contributed by atoms with Gasteiger partial charge in [-0.3, -0.25) is 4.90 Å². The lowest BCUT2D eigenvalue weighted by Crippen LogP contribution is -2.36. The molecule has 5 heteroatoms. The van der Waals surface area contributed by atoms with Crippen molar-refractivity contribution < 1.29 is 9.53 Å². The fraction of sp³-hybridized carbons (Fsp3) is 0.458. The molecule has 0 spiro atoms. The first kappa shape index (κ1) is 21.7. The molecule has 1 heterocycles. The van der Waals surface area contributed by atoms with Gasteiger partial charge in [0.15, 0.2) is 0 Å². The molecule has 0 bridgehead atoms. The summed E-state index contributed by atoms with van der Waals surface area (Å²) in [5.41, 5.74) is 4.07. The summed E-state index contributed by atoms with van der Waals surface area (Å²) >= 11 is 0. The van der Waals surface area contributed by atoms with Crippen LogP contribution in [-0.4, -0.2) is 49.1 Å². The van der Waals surface area contributed by atoms with Gasteiger partial charge in [-0.25, -0.2) is 4.79 Å². The van der Waals surface area contributed by atoms with Crippen molar-refractivity contribution in [3.05, 3.63) is 65.2 Å². The molecule has 1 aliphatic carbocycles. The topological polar surface area (TPSA) is 32.8 Å². The van der Waals surface area contributed by atoms with Crippen molar-refractivity contribution >= 4 is 18.5 Å². The Morgan fingerprint density at radius 1 is 1.10 bits per heavy atom. The number of rotatable bonds is 5. The number of halogens is 1. The Hall–Kier alpha value is -2.04. The van der Waals surface area contributed by atoms with Gasteiger partial charge in [-0.05, 0) is 68.0 Å². The number of carbonyl (C=O) groups excluding carboxylic acids is 1. The number of ether oxygens (including phenoxy) is 1. The molecule has 1 aliphatic heterocycles. The maximum Gasteiger partial charge on any atom is 0.414 e. The molecule has 29 heavy (non-hydrogen) atoms. The van der Waals surface area contributed by atoms with E-state index in [2.05, 4.69) is 41.3 Å². The summed E-state index contributed by atoms with van der Waals surface area (Å²) in [4.78, 5) is 16.2. The Balaban J connectivity index is 0.00000240. The molecule has 2 aromatic carbocycles. The molecule has 1 saturated heterocycles. The zero-order valence-electron chi connectivity index (χ0n) is 17.3. The third-order valence-corrected chi connectivity index (χ3v) is 6.24. The minimum absolute atomic E-state index is 0. The molecule has 0 radical (unpaired) electrons. The second kappa shape index (κ2) is 9.64. The quantitative estimate of drug-likeness (QED) is 0.697. The first-order valence-electron chi connectivity index (χ1n) is 10.4. The van der Waals surface area contributed by atoms with Crippen LogP contribution in [0.2, 0.25) is 0 Å². The summed E-state index contributed by atoms with van der Waals surface area (Å²) in [5.74, 6) is 1.32. The first-order chi connectivity index (χ1) is 13.6. The standard InChI is InChI=1S/C24H30N2O2.ClH/c1-25(2)24(27)28-23-12-6-11-19-20-15-17-26(22(20)14-13-21(19)23)16-7-10-18-8-4-3-5-9-18;/h3-6,8-9,11-12,20,22H,7,10,13-17H2,1-2H3;1H/t20-,22+;/m0./s1. The summed E-state index contributed by atoms with van der Waals surface area (Å²) in [6, 6.07) is 17.6. The van der Waals surface area contributed by atoms with Gasteiger partial charge >= 0.3 is 6.09 Å². The minimum Gasteiger partial charge on any atom is -0.410 e. The normalized spacial score (nSPS) is 20.3. The highest BCUT2D eigenvalue weighted by Crippen LogP contribution is 2.44. The average Bonchev–Trinajstić information content (AvgIpc) is 3.12. The zero-order valence-corrected chi connectivity index (χ0v) is 18.2. The van der Waals surface area contributed by atoms with Crippen LogP contribution < -0.4 is 4.74 Å². The fourth-order valence-electron chi connectivity index (χ4n) is 4.84. The maximum atomic E-state index is 12.0. The molecule has 1 amide bonds. The van der Waals surface area contributed by atoms with E-state index < -0.39 is 0 Å². The van der Waals surface area contributed by atoms with Gasteiger partial charge in [0.25, 0.3) is 0 Å². The summed E-state index contributed by atoms with van der Waals surface area (Å²) in [5, 5.41) is 0. The number of fused-ring (bicyclic) bond motifs is 3. The number of aryl methyl sites for hydroxylation is 1. The van der Waals surface area contributed by atoms with Gasteiger partial charge in [-0.1, -0.05) is 42.5 Å². The fourth-order valence-corrected chi connectivity index (χ4v) is 4.84. The highest BCUT2D eigenvalue weighted by Gasteiger charge is 2.39. The molecule has 2 aliphatic rings. The molecular weight excluding hydrogens is 384 g/mol. The van der Waals surface area contributed by atoms with Gasteiger partial charge in [0, 0.05) is 26.1 Å². The van der Waals surface area contributed by atoms with E-state index in [0.717, 1.165) is 25.0 Å². The lowest BCUT2D eigenvalue weighted by Gasteiger charge is -2.34. The van der Waals surface area contributed by atoms with Gasteiger partial charge in [-0.2, -0.15) is 0 Å². The van der Waals surface area contributed by atoms with Crippen LogP contribution in [0.15, 0.2) is 48.5 Å². The number of hydrogen-bond acceptors (Lipinski definition) is 3. The Bertz CT molecular complexity index is 825. The predicted octanol–water partition coefficient (Wildman–Crippen LogP) is 4.91. The minimum atomic E-state index is -0.301. The molecule has 4 nitrogen and oxygen atoms in total. The van der Waals surface area contributed by atoms with Crippen LogP contribution in [0.1, 0.15) is 41.9 Å². The molecule has 0 unspecified atom stereocenters. The Kier molecular flexibility index (Phi) is 7.20. The van der Waals surface area contributed by atoms with Crippen LogP contribution in [-0.2, 0) is 12.8 Å². The van der Waals surface area contributed by atoms with E-state index in [-0.39, 0.29) is 18.5 Å². The maximum absolute atomic E-state index is 12.0. The lowest BCUT2D eigenvalue weighted by molar-refractivity contribution is 0.170. The van der Waals surface area contributed by atoms with Crippen molar-refractivity contribution in [1.29, 1.82) is 0 Å². The zero-order chi connectivity index (χ0) is 19.5. The van der Waals surface area contributed by atoms with Crippen molar-refractivity contribution in [3.8, 4) is 5.75 Å². The Morgan fingerprint density at radius 3 is 2.66 bits per heavy atom. The van der Waals surface area contributed by atoms with E-state index >= 15 is 0 Å². The van der Waals surface area contributed by atoms with Gasteiger partial charge in [0.2, 0.25) is 0 Å². The number of nitrogens with zero attached hydrogens (tertiary/aromatic N) is 2. The molecule has 1 fully saturated rings. The molecule has 0 aromatic heterocycles. The van der Waals surface area contributed by atoms with Crippen LogP contribution in [0.5, 0.6) is 5.75 Å². The average molecular weight is 415 g/mol. The van der Waals surface area contributed by atoms with E-state index in [1.807, 2.05) is 12.1 Å². The van der Waals surface area contributed by atoms with Gasteiger partial charge in [0.05, 0.1) is 0 Å². The molecule has 0 saturated carbocycles. The monoisotopic (exact) mass is 414 g/mol. The van der Waals surface area contributed by atoms with E-state index in [1.165, 1.54) is 47.5 Å². The summed E-state index contributed by atoms with van der Waals surface area (Å²) in [6.07, 6.45) is 5.40. The first-order valence-corrected chi connectivity index (χ1v) is 10.4. The highest BCUT2D eigenvalue weighted by molar-refractivity contribution is 5.85. The third-order valence-electron chi connectivity index (χ3n) is 6.24. The van der Waals surface area contributed by atoms with Crippen LogP contribution in [0.25, 0.3) is 0 Å². The van der Waals surface area contributed by atoms with E-state index in [1.54, 1.807) is 14.1 Å². The van der Waals surface area contributed by atoms with Crippen LogP contribution in [0, 0.1) is 0 Å². The van der Waals surface area contributed by atoms with E-state index in [4.69, 9.17) is 4.74 Å². The van der Waals surface area contributed by atoms with Crippen LogP contribution >= 0.6 is 12.4 Å². The molecule has 2 atom stereocenters.